The highest BCUT2D eigenvalue weighted by atomic mass is 32.2. The minimum absolute atomic E-state index is 0.0752. The molecule has 5 rings (SSSR count). The molecule has 1 N–H and O–H groups in total. The molecule has 0 saturated heterocycles. The van der Waals surface area contributed by atoms with E-state index in [1.807, 2.05) is 65.4 Å². The summed E-state index contributed by atoms with van der Waals surface area (Å²) < 4.78 is 30.9. The van der Waals surface area contributed by atoms with Crippen LogP contribution in [0.4, 0.5) is 5.69 Å². The molecule has 0 spiro atoms. The van der Waals surface area contributed by atoms with Gasteiger partial charge in [0.05, 0.1) is 34.7 Å². The number of aromatic nitrogens is 2. The zero-order valence-electron chi connectivity index (χ0n) is 20.5. The first kappa shape index (κ1) is 25.0. The molecule has 1 amide bonds. The van der Waals surface area contributed by atoms with Crippen molar-refractivity contribution in [1.29, 1.82) is 0 Å². The Morgan fingerprint density at radius 2 is 1.47 bits per heavy atom. The maximum Gasteiger partial charge on any atom is 0.264 e. The smallest absolute Gasteiger partial charge is 0.264 e. The number of hydrogen-bond donors (Lipinski definition) is 1. The van der Waals surface area contributed by atoms with Crippen LogP contribution in [0.5, 0.6) is 0 Å². The van der Waals surface area contributed by atoms with Gasteiger partial charge in [0.15, 0.2) is 0 Å². The third kappa shape index (κ3) is 5.35. The Balaban J connectivity index is 1.48. The van der Waals surface area contributed by atoms with Crippen LogP contribution in [0.2, 0.25) is 0 Å². The number of rotatable bonds is 9. The van der Waals surface area contributed by atoms with Crippen LogP contribution in [0.15, 0.2) is 133 Å². The summed E-state index contributed by atoms with van der Waals surface area (Å²) in [5, 5.41) is 2.97. The van der Waals surface area contributed by atoms with Crippen LogP contribution in [0.1, 0.15) is 21.5 Å². The zero-order valence-corrected chi connectivity index (χ0v) is 21.3. The lowest BCUT2D eigenvalue weighted by atomic mass is 10.1. The topological polar surface area (TPSA) is 84.3 Å². The number of sulfonamides is 1. The number of carbonyl (C=O) groups is 1. The van der Waals surface area contributed by atoms with Gasteiger partial charge in [-0.1, -0.05) is 78.9 Å². The highest BCUT2D eigenvalue weighted by Crippen LogP contribution is 2.29. The SMILES string of the molecule is O=C(NCc1ccccc1-n1ccnc1)c1ccccc1N(Cc1ccccc1)S(=O)(=O)c1ccccc1. The zero-order chi connectivity index (χ0) is 26.4. The van der Waals surface area contributed by atoms with Crippen molar-refractivity contribution in [3.8, 4) is 5.69 Å². The monoisotopic (exact) mass is 522 g/mol. The fraction of sp³-hybridized carbons (Fsp3) is 0.0667. The summed E-state index contributed by atoms with van der Waals surface area (Å²) in [5.41, 5.74) is 3.17. The molecule has 0 saturated carbocycles. The van der Waals surface area contributed by atoms with E-state index in [1.54, 1.807) is 67.1 Å². The summed E-state index contributed by atoms with van der Waals surface area (Å²) in [6.45, 7) is 0.331. The Morgan fingerprint density at radius 1 is 0.816 bits per heavy atom. The molecule has 1 heterocycles. The Hall–Kier alpha value is -4.69. The minimum atomic E-state index is -3.97. The quantitative estimate of drug-likeness (QED) is 0.289. The van der Waals surface area contributed by atoms with Crippen molar-refractivity contribution >= 4 is 21.6 Å². The molecule has 8 heteroatoms. The van der Waals surface area contributed by atoms with Crippen molar-refractivity contribution in [2.75, 3.05) is 4.31 Å². The van der Waals surface area contributed by atoms with Crippen LogP contribution >= 0.6 is 0 Å². The Labute approximate surface area is 222 Å². The van der Waals surface area contributed by atoms with Crippen LogP contribution in [0.25, 0.3) is 5.69 Å². The van der Waals surface area contributed by atoms with Gasteiger partial charge in [-0.3, -0.25) is 9.10 Å². The highest BCUT2D eigenvalue weighted by Gasteiger charge is 2.28. The number of para-hydroxylation sites is 2. The molecular weight excluding hydrogens is 496 g/mol. The van der Waals surface area contributed by atoms with Crippen LogP contribution < -0.4 is 9.62 Å². The minimum Gasteiger partial charge on any atom is -0.348 e. The number of nitrogens with zero attached hydrogens (tertiary/aromatic N) is 3. The Bertz CT molecular complexity index is 1620. The summed E-state index contributed by atoms with van der Waals surface area (Å²) in [7, 11) is -3.97. The van der Waals surface area contributed by atoms with Crippen molar-refractivity contribution in [2.45, 2.75) is 18.0 Å². The molecule has 7 nitrogen and oxygen atoms in total. The van der Waals surface area contributed by atoms with Gasteiger partial charge < -0.3 is 9.88 Å². The predicted octanol–water partition coefficient (Wildman–Crippen LogP) is 5.20. The normalized spacial score (nSPS) is 11.2. The number of nitrogens with one attached hydrogen (secondary N) is 1. The molecular formula is C30H26N4O3S. The molecule has 4 aromatic carbocycles. The van der Waals surface area contributed by atoms with Crippen LogP contribution in [-0.4, -0.2) is 23.9 Å². The highest BCUT2D eigenvalue weighted by molar-refractivity contribution is 7.92. The van der Waals surface area contributed by atoms with Gasteiger partial charge in [0, 0.05) is 18.9 Å². The van der Waals surface area contributed by atoms with Gasteiger partial charge in [-0.15, -0.1) is 0 Å². The van der Waals surface area contributed by atoms with Gasteiger partial charge >= 0.3 is 0 Å². The van der Waals surface area contributed by atoms with E-state index >= 15 is 0 Å². The number of imidazole rings is 1. The molecule has 0 unspecified atom stereocenters. The van der Waals surface area contributed by atoms with Gasteiger partial charge in [0.25, 0.3) is 15.9 Å². The van der Waals surface area contributed by atoms with Crippen molar-refractivity contribution in [3.05, 3.63) is 145 Å². The second-order valence-corrected chi connectivity index (χ2v) is 10.5. The number of hydrogen-bond acceptors (Lipinski definition) is 4. The molecule has 1 aromatic heterocycles. The van der Waals surface area contributed by atoms with Crippen LogP contribution in [0.3, 0.4) is 0 Å². The first-order chi connectivity index (χ1) is 18.5. The summed E-state index contributed by atoms with van der Waals surface area (Å²) in [6.07, 6.45) is 5.23. The maximum atomic E-state index is 13.9. The first-order valence-corrected chi connectivity index (χ1v) is 13.5. The maximum absolute atomic E-state index is 13.9. The Kier molecular flexibility index (Phi) is 7.33. The van der Waals surface area contributed by atoms with Gasteiger partial charge in [-0.25, -0.2) is 13.4 Å². The number of anilines is 1. The molecule has 0 bridgehead atoms. The van der Waals surface area contributed by atoms with E-state index in [9.17, 15) is 13.2 Å². The van der Waals surface area contributed by atoms with Gasteiger partial charge in [-0.05, 0) is 41.5 Å². The standard InChI is InChI=1S/C30H26N4O3S/c35-30(32-21-25-13-7-9-17-28(25)33-20-19-31-23-33)27-16-8-10-18-29(27)34(22-24-11-3-1-4-12-24)38(36,37)26-14-5-2-6-15-26/h1-20,23H,21-22H2,(H,32,35). The lowest BCUT2D eigenvalue weighted by molar-refractivity contribution is 0.0951. The second-order valence-electron chi connectivity index (χ2n) is 8.61. The van der Waals surface area contributed by atoms with E-state index in [4.69, 9.17) is 0 Å². The lowest BCUT2D eigenvalue weighted by Crippen LogP contribution is -2.33. The molecule has 0 aliphatic rings. The summed E-state index contributed by atoms with van der Waals surface area (Å²) in [5.74, 6) is -0.373. The third-order valence-corrected chi connectivity index (χ3v) is 7.91. The number of amides is 1. The summed E-state index contributed by atoms with van der Waals surface area (Å²) >= 11 is 0. The van der Waals surface area contributed by atoms with Gasteiger partial charge in [-0.2, -0.15) is 0 Å². The fourth-order valence-electron chi connectivity index (χ4n) is 4.24. The molecule has 0 atom stereocenters. The third-order valence-electron chi connectivity index (χ3n) is 6.13. The number of carbonyl (C=O) groups excluding carboxylic acids is 1. The van der Waals surface area contributed by atoms with Crippen LogP contribution in [-0.2, 0) is 23.1 Å². The van der Waals surface area contributed by atoms with Crippen LogP contribution in [0, 0.1) is 0 Å². The molecule has 0 fully saturated rings. The molecule has 0 aliphatic carbocycles. The first-order valence-electron chi connectivity index (χ1n) is 12.1. The van der Waals surface area contributed by atoms with Gasteiger partial charge in [0.1, 0.15) is 0 Å². The van der Waals surface area contributed by atoms with E-state index in [2.05, 4.69) is 10.3 Å². The molecule has 0 radical (unpaired) electrons. The van der Waals surface area contributed by atoms with Crippen molar-refractivity contribution in [3.63, 3.8) is 0 Å². The summed E-state index contributed by atoms with van der Waals surface area (Å²) in [4.78, 5) is 17.8. The van der Waals surface area contributed by atoms with Gasteiger partial charge in [0.2, 0.25) is 0 Å². The average molecular weight is 523 g/mol. The number of benzene rings is 4. The Morgan fingerprint density at radius 3 is 2.21 bits per heavy atom. The van der Waals surface area contributed by atoms with Crippen molar-refractivity contribution < 1.29 is 13.2 Å². The van der Waals surface area contributed by atoms with Crippen molar-refractivity contribution in [2.24, 2.45) is 0 Å². The average Bonchev–Trinajstić information content (AvgIpc) is 3.51. The molecule has 190 valence electrons. The molecule has 5 aromatic rings. The predicted molar refractivity (Wildman–Crippen MR) is 147 cm³/mol. The van der Waals surface area contributed by atoms with E-state index < -0.39 is 10.0 Å². The van der Waals surface area contributed by atoms with Crippen molar-refractivity contribution in [1.82, 2.24) is 14.9 Å². The second kappa shape index (κ2) is 11.1. The van der Waals surface area contributed by atoms with E-state index in [1.165, 1.54) is 4.31 Å². The lowest BCUT2D eigenvalue weighted by Gasteiger charge is -2.26. The summed E-state index contributed by atoms with van der Waals surface area (Å²) in [6, 6.07) is 32.1. The molecule has 0 aliphatic heterocycles. The molecule has 38 heavy (non-hydrogen) atoms. The van der Waals surface area contributed by atoms with E-state index in [0.717, 1.165) is 16.8 Å². The van der Waals surface area contributed by atoms with E-state index in [0.29, 0.717) is 5.69 Å². The largest absolute Gasteiger partial charge is 0.348 e. The van der Waals surface area contributed by atoms with E-state index in [-0.39, 0.29) is 29.5 Å². The fourth-order valence-corrected chi connectivity index (χ4v) is 5.73.